The minimum atomic E-state index is -4.06. The molecule has 0 saturated carbocycles. The normalized spacial score (nSPS) is 11.3. The zero-order valence-corrected chi connectivity index (χ0v) is 14.4. The van der Waals surface area contributed by atoms with Crippen molar-refractivity contribution in [3.63, 3.8) is 0 Å². The number of rotatable bonds is 4. The monoisotopic (exact) mass is 357 g/mol. The standard InChI is InChI=1S/C18H15NO5S/c1-12-7-9-13(10-8-12)25(21,22)24-17-11-15(18(20)23-2)14-5-3-4-6-16(14)19-17/h3-11H,1-2H3. The molecule has 0 bridgehead atoms. The second-order valence-corrected chi connectivity index (χ2v) is 6.91. The SMILES string of the molecule is COC(=O)c1cc(OS(=O)(=O)c2ccc(C)cc2)nc2ccccc12. The van der Waals surface area contributed by atoms with Gasteiger partial charge in [0.25, 0.3) is 0 Å². The summed E-state index contributed by atoms with van der Waals surface area (Å²) in [5.74, 6) is -0.796. The molecule has 0 aliphatic heterocycles. The first-order chi connectivity index (χ1) is 11.9. The van der Waals surface area contributed by atoms with Crippen molar-refractivity contribution in [1.29, 1.82) is 0 Å². The van der Waals surface area contributed by atoms with E-state index >= 15 is 0 Å². The number of pyridine rings is 1. The molecule has 128 valence electrons. The lowest BCUT2D eigenvalue weighted by atomic mass is 10.1. The number of esters is 1. The van der Waals surface area contributed by atoms with Crippen LogP contribution in [0.1, 0.15) is 15.9 Å². The molecule has 0 saturated heterocycles. The molecule has 0 fully saturated rings. The highest BCUT2D eigenvalue weighted by atomic mass is 32.2. The van der Waals surface area contributed by atoms with Gasteiger partial charge in [-0.15, -0.1) is 0 Å². The number of fused-ring (bicyclic) bond motifs is 1. The maximum absolute atomic E-state index is 12.4. The van der Waals surface area contributed by atoms with Gasteiger partial charge in [-0.1, -0.05) is 35.9 Å². The summed E-state index contributed by atoms with van der Waals surface area (Å²) < 4.78 is 34.7. The summed E-state index contributed by atoms with van der Waals surface area (Å²) in [7, 11) is -2.81. The molecule has 2 aromatic carbocycles. The maximum atomic E-state index is 12.4. The van der Waals surface area contributed by atoms with Crippen molar-refractivity contribution in [3.8, 4) is 5.88 Å². The summed E-state index contributed by atoms with van der Waals surface area (Å²) in [4.78, 5) is 16.2. The van der Waals surface area contributed by atoms with Crippen LogP contribution in [0.4, 0.5) is 0 Å². The number of benzene rings is 2. The van der Waals surface area contributed by atoms with Crippen molar-refractivity contribution < 1.29 is 22.1 Å². The Hall–Kier alpha value is -2.93. The van der Waals surface area contributed by atoms with E-state index in [-0.39, 0.29) is 16.3 Å². The number of carbonyl (C=O) groups is 1. The van der Waals surface area contributed by atoms with Crippen molar-refractivity contribution in [2.45, 2.75) is 11.8 Å². The molecule has 0 aliphatic rings. The van der Waals surface area contributed by atoms with Gasteiger partial charge >= 0.3 is 16.1 Å². The first-order valence-corrected chi connectivity index (χ1v) is 8.81. The fraction of sp³-hybridized carbons (Fsp3) is 0.111. The zero-order chi connectivity index (χ0) is 18.0. The van der Waals surface area contributed by atoms with E-state index < -0.39 is 16.1 Å². The van der Waals surface area contributed by atoms with Gasteiger partial charge in [0.2, 0.25) is 5.88 Å². The fourth-order valence-corrected chi connectivity index (χ4v) is 3.21. The van der Waals surface area contributed by atoms with Crippen LogP contribution in [0.25, 0.3) is 10.9 Å². The van der Waals surface area contributed by atoms with Crippen LogP contribution in [0.15, 0.2) is 59.5 Å². The Kier molecular flexibility index (Phi) is 4.41. The summed E-state index contributed by atoms with van der Waals surface area (Å²) in [6, 6.07) is 14.3. The van der Waals surface area contributed by atoms with Gasteiger partial charge in [0.15, 0.2) is 0 Å². The van der Waals surface area contributed by atoms with Gasteiger partial charge in [0, 0.05) is 11.5 Å². The van der Waals surface area contributed by atoms with Gasteiger partial charge < -0.3 is 8.92 Å². The average Bonchev–Trinajstić information content (AvgIpc) is 2.60. The smallest absolute Gasteiger partial charge is 0.340 e. The lowest BCUT2D eigenvalue weighted by molar-refractivity contribution is 0.0602. The van der Waals surface area contributed by atoms with E-state index in [0.29, 0.717) is 10.9 Å². The summed E-state index contributed by atoms with van der Waals surface area (Å²) in [6.45, 7) is 1.85. The maximum Gasteiger partial charge on any atom is 0.340 e. The van der Waals surface area contributed by atoms with Crippen LogP contribution in [-0.4, -0.2) is 26.5 Å². The molecule has 7 heteroatoms. The summed E-state index contributed by atoms with van der Waals surface area (Å²) in [5.41, 5.74) is 1.54. The second-order valence-electron chi connectivity index (χ2n) is 5.37. The zero-order valence-electron chi connectivity index (χ0n) is 13.6. The number of nitrogens with zero attached hydrogens (tertiary/aromatic N) is 1. The van der Waals surface area contributed by atoms with E-state index in [9.17, 15) is 13.2 Å². The van der Waals surface area contributed by atoms with Crippen LogP contribution in [0.3, 0.4) is 0 Å². The molecule has 1 heterocycles. The fourth-order valence-electron chi connectivity index (χ4n) is 2.34. The van der Waals surface area contributed by atoms with E-state index in [0.717, 1.165) is 5.56 Å². The molecule has 0 N–H and O–H groups in total. The molecule has 3 aromatic rings. The molecular formula is C18H15NO5S. The first kappa shape index (κ1) is 16.9. The highest BCUT2D eigenvalue weighted by Gasteiger charge is 2.20. The molecule has 0 atom stereocenters. The van der Waals surface area contributed by atoms with Crippen LogP contribution in [-0.2, 0) is 14.9 Å². The quantitative estimate of drug-likeness (QED) is 0.527. The first-order valence-electron chi connectivity index (χ1n) is 7.40. The van der Waals surface area contributed by atoms with Crippen molar-refractivity contribution in [2.24, 2.45) is 0 Å². The van der Waals surface area contributed by atoms with E-state index in [1.165, 1.54) is 25.3 Å². The van der Waals surface area contributed by atoms with Crippen LogP contribution >= 0.6 is 0 Å². The van der Waals surface area contributed by atoms with Crippen LogP contribution < -0.4 is 4.18 Å². The second kappa shape index (κ2) is 6.52. The van der Waals surface area contributed by atoms with E-state index in [2.05, 4.69) is 4.98 Å². The lowest BCUT2D eigenvalue weighted by Crippen LogP contribution is -2.12. The number of aromatic nitrogens is 1. The molecule has 1 aromatic heterocycles. The van der Waals surface area contributed by atoms with Gasteiger partial charge in [-0.3, -0.25) is 0 Å². The van der Waals surface area contributed by atoms with E-state index in [4.69, 9.17) is 8.92 Å². The highest BCUT2D eigenvalue weighted by molar-refractivity contribution is 7.87. The lowest BCUT2D eigenvalue weighted by Gasteiger charge is -2.10. The third-order valence-electron chi connectivity index (χ3n) is 3.60. The number of aryl methyl sites for hydroxylation is 1. The molecular weight excluding hydrogens is 342 g/mol. The summed E-state index contributed by atoms with van der Waals surface area (Å²) in [5, 5.41) is 0.550. The van der Waals surface area contributed by atoms with Gasteiger partial charge in [-0.05, 0) is 25.1 Å². The van der Waals surface area contributed by atoms with E-state index in [1.54, 1.807) is 36.4 Å². The predicted octanol–water partition coefficient (Wildman–Crippen LogP) is 3.10. The van der Waals surface area contributed by atoms with Crippen LogP contribution in [0.2, 0.25) is 0 Å². The Balaban J connectivity index is 2.07. The van der Waals surface area contributed by atoms with Gasteiger partial charge in [0.05, 0.1) is 18.2 Å². The number of carbonyl (C=O) groups excluding carboxylic acids is 1. The Morgan fingerprint density at radius 2 is 1.72 bits per heavy atom. The van der Waals surface area contributed by atoms with E-state index in [1.807, 2.05) is 6.92 Å². The minimum absolute atomic E-state index is 0.00711. The molecule has 0 aliphatic carbocycles. The van der Waals surface area contributed by atoms with Crippen LogP contribution in [0.5, 0.6) is 5.88 Å². The minimum Gasteiger partial charge on any atom is -0.465 e. The van der Waals surface area contributed by atoms with Crippen molar-refractivity contribution in [3.05, 3.63) is 65.7 Å². The van der Waals surface area contributed by atoms with Crippen molar-refractivity contribution >= 4 is 27.0 Å². The van der Waals surface area contributed by atoms with Gasteiger partial charge in [-0.2, -0.15) is 8.42 Å². The Labute approximate surface area is 145 Å². The third-order valence-corrected chi connectivity index (χ3v) is 4.84. The summed E-state index contributed by atoms with van der Waals surface area (Å²) >= 11 is 0. The number of hydrogen-bond acceptors (Lipinski definition) is 6. The molecule has 6 nitrogen and oxygen atoms in total. The van der Waals surface area contributed by atoms with Gasteiger partial charge in [-0.25, -0.2) is 9.78 Å². The highest BCUT2D eigenvalue weighted by Crippen LogP contribution is 2.25. The average molecular weight is 357 g/mol. The molecule has 0 unspecified atom stereocenters. The Morgan fingerprint density at radius 1 is 1.04 bits per heavy atom. The third kappa shape index (κ3) is 3.46. The van der Waals surface area contributed by atoms with Crippen LogP contribution in [0, 0.1) is 6.92 Å². The number of para-hydroxylation sites is 1. The summed E-state index contributed by atoms with van der Waals surface area (Å²) in [6.07, 6.45) is 0. The van der Waals surface area contributed by atoms with Gasteiger partial charge in [0.1, 0.15) is 4.90 Å². The Morgan fingerprint density at radius 3 is 2.40 bits per heavy atom. The molecule has 3 rings (SSSR count). The number of hydrogen-bond donors (Lipinski definition) is 0. The Bertz CT molecular complexity index is 1040. The van der Waals surface area contributed by atoms with Crippen molar-refractivity contribution in [1.82, 2.24) is 4.98 Å². The van der Waals surface area contributed by atoms with Crippen molar-refractivity contribution in [2.75, 3.05) is 7.11 Å². The largest absolute Gasteiger partial charge is 0.465 e. The number of methoxy groups -OCH3 is 1. The number of ether oxygens (including phenoxy) is 1. The molecule has 0 spiro atoms. The predicted molar refractivity (Wildman–Crippen MR) is 92.1 cm³/mol. The topological polar surface area (TPSA) is 82.6 Å². The molecule has 0 amide bonds. The molecule has 0 radical (unpaired) electrons. The molecule has 25 heavy (non-hydrogen) atoms.